The van der Waals surface area contributed by atoms with E-state index in [0.29, 0.717) is 7.25 Å². The molecule has 0 saturated carbocycles. The van der Waals surface area contributed by atoms with Gasteiger partial charge in [0.2, 0.25) is 0 Å². The van der Waals surface area contributed by atoms with Gasteiger partial charge in [0.1, 0.15) is 0 Å². The molecule has 0 aliphatic heterocycles. The Balaban J connectivity index is 0.00000235. The van der Waals surface area contributed by atoms with Crippen molar-refractivity contribution in [3.05, 3.63) is 215 Å². The zero-order valence-corrected chi connectivity index (χ0v) is 37.8. The molecule has 0 bridgehead atoms. The number of fused-ring (bicyclic) bond motifs is 4. The van der Waals surface area contributed by atoms with Crippen LogP contribution in [0.5, 0.6) is 0 Å². The van der Waals surface area contributed by atoms with Crippen molar-refractivity contribution in [3.8, 4) is 22.3 Å². The minimum atomic E-state index is -2.82. The number of allylic oxidation sites excluding steroid dienone is 2. The molecular weight excluding hydrogens is 839 g/mol. The van der Waals surface area contributed by atoms with Crippen molar-refractivity contribution in [1.29, 1.82) is 0 Å². The summed E-state index contributed by atoms with van der Waals surface area (Å²) in [6.45, 7) is 4.83. The second-order valence-corrected chi connectivity index (χ2v) is 29.3. The molecule has 0 heterocycles. The van der Waals surface area contributed by atoms with Crippen LogP contribution < -0.4 is 35.2 Å². The Hall–Kier alpha value is -4.56. The van der Waals surface area contributed by atoms with Crippen molar-refractivity contribution >= 4 is 49.5 Å². The zero-order chi connectivity index (χ0) is 37.6. The Morgan fingerprint density at radius 2 is 0.759 bits per heavy atom. The summed E-state index contributed by atoms with van der Waals surface area (Å²) in [5.41, 5.74) is 13.6. The molecule has 4 heteroatoms. The summed E-state index contributed by atoms with van der Waals surface area (Å²) in [4.78, 5) is 0. The molecule has 8 aromatic carbocycles. The van der Waals surface area contributed by atoms with Crippen molar-refractivity contribution in [2.75, 3.05) is 0 Å². The molecule has 0 N–H and O–H groups in total. The van der Waals surface area contributed by atoms with Crippen molar-refractivity contribution in [1.82, 2.24) is 0 Å². The average molecular weight is 883 g/mol. The first kappa shape index (κ1) is 40.2. The predicted octanol–water partition coefficient (Wildman–Crippen LogP) is 7.16. The maximum atomic E-state index is 2.64. The number of hydrogen-bond acceptors (Lipinski definition) is 0. The number of benzene rings is 8. The maximum Gasteiger partial charge on any atom is -1.00 e. The van der Waals surface area contributed by atoms with Crippen LogP contribution in [-0.2, 0) is 20.4 Å². The number of halogens is 2. The van der Waals surface area contributed by atoms with Crippen molar-refractivity contribution in [2.45, 2.75) is 33.9 Å². The van der Waals surface area contributed by atoms with Crippen LogP contribution in [0.1, 0.15) is 56.2 Å². The fraction of sp³-hybridized carbons (Fsp3) is 0.111. The molecule has 2 unspecified atom stereocenters. The van der Waals surface area contributed by atoms with Crippen LogP contribution in [0.4, 0.5) is 0 Å². The van der Waals surface area contributed by atoms with Gasteiger partial charge in [-0.3, -0.25) is 0 Å². The normalized spacial score (nSPS) is 15.0. The zero-order valence-electron chi connectivity index (χ0n) is 32.8. The molecule has 2 atom stereocenters. The van der Waals surface area contributed by atoms with Gasteiger partial charge < -0.3 is 24.8 Å². The first-order chi connectivity index (χ1) is 27.7. The Kier molecular flexibility index (Phi) is 12.0. The van der Waals surface area contributed by atoms with Crippen LogP contribution in [0.15, 0.2) is 193 Å². The Bertz CT molecular complexity index is 2690. The van der Waals surface area contributed by atoms with Crippen LogP contribution in [-0.4, -0.2) is 5.43 Å². The molecular formula is C54H44Cl2SiZr. The summed E-state index contributed by atoms with van der Waals surface area (Å²) in [7, 11) is 0. The summed E-state index contributed by atoms with van der Waals surface area (Å²) >= 11 is -2.82. The van der Waals surface area contributed by atoms with Crippen LogP contribution in [0, 0.1) is 0 Å². The summed E-state index contributed by atoms with van der Waals surface area (Å²) < 4.78 is 0.933. The maximum absolute atomic E-state index is 2.82. The molecule has 282 valence electrons. The predicted molar refractivity (Wildman–Crippen MR) is 239 cm³/mol. The van der Waals surface area contributed by atoms with E-state index in [1.54, 1.807) is 32.6 Å². The molecule has 0 fully saturated rings. The van der Waals surface area contributed by atoms with E-state index in [1.165, 1.54) is 54.9 Å². The molecule has 0 amide bonds. The standard InChI is InChI=1S/2C21H17.C12H10Si.2ClH.Zr/c2*1-2-15-13-17-9-6-12-20(21(17)14-15)19-11-5-8-16-7-3-4-10-18(16)19;1-3-7-11(8-4-1)13-12-9-5-2-6-10-12;;;/h2*3-14H,2H2,1H3;1-10H;2*1H;/q;;;;;+2/p-2. The average Bonchev–Trinajstić information content (AvgIpc) is 3.84. The van der Waals surface area contributed by atoms with E-state index in [2.05, 4.69) is 208 Å². The minimum Gasteiger partial charge on any atom is -1.00 e. The number of rotatable bonds is 8. The Morgan fingerprint density at radius 3 is 1.19 bits per heavy atom. The van der Waals surface area contributed by atoms with Gasteiger partial charge >= 0.3 is 341 Å². The van der Waals surface area contributed by atoms with Gasteiger partial charge in [0.15, 0.2) is 0 Å². The fourth-order valence-corrected chi connectivity index (χ4v) is 35.2. The molecule has 0 saturated heterocycles. The topological polar surface area (TPSA) is 0 Å². The van der Waals surface area contributed by atoms with Gasteiger partial charge in [0, 0.05) is 0 Å². The molecule has 8 aromatic rings. The van der Waals surface area contributed by atoms with Gasteiger partial charge in [-0.25, -0.2) is 0 Å². The molecule has 0 nitrogen and oxygen atoms in total. The quantitative estimate of drug-likeness (QED) is 0.142. The monoisotopic (exact) mass is 880 g/mol. The van der Waals surface area contributed by atoms with E-state index in [9.17, 15) is 0 Å². The summed E-state index contributed by atoms with van der Waals surface area (Å²) in [6, 6.07) is 69.4. The minimum absolute atomic E-state index is 0. The van der Waals surface area contributed by atoms with Crippen molar-refractivity contribution < 1.29 is 45.2 Å². The third kappa shape index (κ3) is 6.93. The summed E-state index contributed by atoms with van der Waals surface area (Å²) in [5.74, 6) is 0. The van der Waals surface area contributed by atoms with Crippen LogP contribution >= 0.6 is 0 Å². The fourth-order valence-electron chi connectivity index (χ4n) is 9.83. The van der Waals surface area contributed by atoms with Gasteiger partial charge in [0.05, 0.1) is 0 Å². The van der Waals surface area contributed by atoms with Gasteiger partial charge in [-0.2, -0.15) is 0 Å². The second-order valence-electron chi connectivity index (χ2n) is 15.2. The van der Waals surface area contributed by atoms with E-state index in [-0.39, 0.29) is 24.8 Å². The molecule has 2 aliphatic carbocycles. The van der Waals surface area contributed by atoms with Crippen molar-refractivity contribution in [3.63, 3.8) is 0 Å². The van der Waals surface area contributed by atoms with Gasteiger partial charge in [0.25, 0.3) is 0 Å². The first-order valence-electron chi connectivity index (χ1n) is 20.2. The largest absolute Gasteiger partial charge is 1.00 e. The van der Waals surface area contributed by atoms with Crippen molar-refractivity contribution in [2.24, 2.45) is 0 Å². The molecule has 2 aliphatic rings. The molecule has 58 heavy (non-hydrogen) atoms. The van der Waals surface area contributed by atoms with Gasteiger partial charge in [-0.1, -0.05) is 0 Å². The molecule has 0 radical (unpaired) electrons. The summed E-state index contributed by atoms with van der Waals surface area (Å²) in [5, 5.41) is 8.40. The van der Waals surface area contributed by atoms with Crippen LogP contribution in [0.2, 0.25) is 0 Å². The Morgan fingerprint density at radius 1 is 0.397 bits per heavy atom. The smallest absolute Gasteiger partial charge is 1.00 e. The van der Waals surface area contributed by atoms with Crippen LogP contribution in [0.3, 0.4) is 0 Å². The van der Waals surface area contributed by atoms with Gasteiger partial charge in [-0.15, -0.1) is 0 Å². The Labute approximate surface area is 363 Å². The SMILES string of the molecule is CCC1=Cc2c(-c3cccc4ccccc34)cccc2[CH]1[Zr+2]([CH]1C(CC)=Cc2c(-c3cccc4ccccc34)cccc21)=[Si](c1ccccc1)c1ccccc1.[Cl-].[Cl-]. The third-order valence-corrected chi connectivity index (χ3v) is 33.1. The molecule has 0 spiro atoms. The van der Waals surface area contributed by atoms with E-state index in [0.717, 1.165) is 12.8 Å². The second kappa shape index (κ2) is 17.3. The van der Waals surface area contributed by atoms with Crippen LogP contribution in [0.25, 0.3) is 56.0 Å². The van der Waals surface area contributed by atoms with E-state index >= 15 is 0 Å². The first-order valence-corrected chi connectivity index (χ1v) is 28.2. The molecule has 0 aromatic heterocycles. The van der Waals surface area contributed by atoms with E-state index in [1.807, 2.05) is 0 Å². The van der Waals surface area contributed by atoms with E-state index in [4.69, 9.17) is 0 Å². The van der Waals surface area contributed by atoms with Gasteiger partial charge in [-0.05, 0) is 0 Å². The molecule has 10 rings (SSSR count). The third-order valence-electron chi connectivity index (χ3n) is 12.3. The number of hydrogen-bond donors (Lipinski definition) is 0. The summed E-state index contributed by atoms with van der Waals surface area (Å²) in [6.07, 6.45) is 7.42. The van der Waals surface area contributed by atoms with E-state index < -0.39 is 25.8 Å².